The molecule has 0 radical (unpaired) electrons. The topological polar surface area (TPSA) is 12.0 Å². The molecular formula is C15H23N. The first-order valence-corrected chi connectivity index (χ1v) is 6.34. The highest BCUT2D eigenvalue weighted by Gasteiger charge is 2.49. The molecule has 16 heavy (non-hydrogen) atoms. The molecule has 0 aromatic heterocycles. The highest BCUT2D eigenvalue weighted by Crippen LogP contribution is 2.54. The predicted octanol–water partition coefficient (Wildman–Crippen LogP) is 3.35. The second kappa shape index (κ2) is 4.21. The summed E-state index contributed by atoms with van der Waals surface area (Å²) >= 11 is 0. The van der Waals surface area contributed by atoms with Crippen LogP contribution in [0.2, 0.25) is 0 Å². The summed E-state index contributed by atoms with van der Waals surface area (Å²) < 4.78 is 0. The number of nitrogens with one attached hydrogen (secondary N) is 1. The van der Waals surface area contributed by atoms with Crippen LogP contribution in [-0.2, 0) is 5.41 Å². The molecule has 1 heteroatoms. The van der Waals surface area contributed by atoms with Crippen molar-refractivity contribution in [3.63, 3.8) is 0 Å². The van der Waals surface area contributed by atoms with Crippen molar-refractivity contribution in [3.05, 3.63) is 35.9 Å². The van der Waals surface area contributed by atoms with Gasteiger partial charge in [0.15, 0.2) is 0 Å². The molecule has 1 aliphatic carbocycles. The van der Waals surface area contributed by atoms with Gasteiger partial charge in [0.05, 0.1) is 0 Å². The van der Waals surface area contributed by atoms with Crippen LogP contribution in [0.25, 0.3) is 0 Å². The summed E-state index contributed by atoms with van der Waals surface area (Å²) in [5.74, 6) is 0. The van der Waals surface area contributed by atoms with E-state index in [-0.39, 0.29) is 0 Å². The fraction of sp³-hybridized carbons (Fsp3) is 0.600. The van der Waals surface area contributed by atoms with Crippen LogP contribution in [0.5, 0.6) is 0 Å². The second-order valence-electron chi connectivity index (χ2n) is 5.94. The first kappa shape index (κ1) is 11.7. The summed E-state index contributed by atoms with van der Waals surface area (Å²) in [6.07, 6.45) is 2.61. The Morgan fingerprint density at radius 2 is 1.75 bits per heavy atom. The van der Waals surface area contributed by atoms with Crippen LogP contribution in [0, 0.1) is 5.41 Å². The van der Waals surface area contributed by atoms with Gasteiger partial charge in [-0.25, -0.2) is 0 Å². The van der Waals surface area contributed by atoms with Crippen molar-refractivity contribution >= 4 is 0 Å². The Morgan fingerprint density at radius 3 is 2.25 bits per heavy atom. The van der Waals surface area contributed by atoms with Crippen molar-refractivity contribution in [2.24, 2.45) is 5.41 Å². The average molecular weight is 217 g/mol. The molecule has 0 bridgehead atoms. The van der Waals surface area contributed by atoms with Crippen LogP contribution in [-0.4, -0.2) is 13.1 Å². The molecule has 1 saturated carbocycles. The maximum absolute atomic E-state index is 3.53. The van der Waals surface area contributed by atoms with Gasteiger partial charge in [-0.3, -0.25) is 0 Å². The van der Waals surface area contributed by atoms with Gasteiger partial charge in [0.2, 0.25) is 0 Å². The molecule has 1 aliphatic rings. The van der Waals surface area contributed by atoms with Crippen molar-refractivity contribution in [1.82, 2.24) is 5.32 Å². The molecule has 1 aromatic rings. The van der Waals surface area contributed by atoms with Crippen molar-refractivity contribution in [2.75, 3.05) is 13.1 Å². The highest BCUT2D eigenvalue weighted by molar-refractivity contribution is 5.30. The molecule has 1 N–H and O–H groups in total. The minimum Gasteiger partial charge on any atom is -0.316 e. The van der Waals surface area contributed by atoms with E-state index in [1.807, 2.05) is 0 Å². The Morgan fingerprint density at radius 1 is 1.12 bits per heavy atom. The fourth-order valence-corrected chi connectivity index (χ4v) is 3.37. The molecule has 1 aromatic carbocycles. The van der Waals surface area contributed by atoms with Crippen LogP contribution in [0.3, 0.4) is 0 Å². The van der Waals surface area contributed by atoms with Crippen LogP contribution in [0.4, 0.5) is 0 Å². The maximum Gasteiger partial charge on any atom is 0.00879 e. The smallest absolute Gasteiger partial charge is 0.00879 e. The van der Waals surface area contributed by atoms with E-state index in [1.165, 1.54) is 18.4 Å². The lowest BCUT2D eigenvalue weighted by Gasteiger charge is -2.54. The van der Waals surface area contributed by atoms with Gasteiger partial charge in [0, 0.05) is 12.0 Å². The Bertz CT molecular complexity index is 332. The van der Waals surface area contributed by atoms with Crippen LogP contribution in [0.1, 0.15) is 39.2 Å². The Labute approximate surface area is 99.3 Å². The normalized spacial score (nSPS) is 21.4. The SMILES string of the molecule is CCNCC1(c2ccccc2)CC(C)(C)C1. The van der Waals surface area contributed by atoms with Crippen molar-refractivity contribution < 1.29 is 0 Å². The third-order valence-electron chi connectivity index (χ3n) is 3.73. The number of likely N-dealkylation sites (N-methyl/N-ethyl adjacent to an activating group) is 1. The lowest BCUT2D eigenvalue weighted by atomic mass is 9.52. The van der Waals surface area contributed by atoms with E-state index in [2.05, 4.69) is 56.4 Å². The number of hydrogen-bond acceptors (Lipinski definition) is 1. The molecule has 1 fully saturated rings. The predicted molar refractivity (Wildman–Crippen MR) is 69.7 cm³/mol. The van der Waals surface area contributed by atoms with E-state index in [0.29, 0.717) is 10.8 Å². The molecule has 0 aliphatic heterocycles. The van der Waals surface area contributed by atoms with Gasteiger partial charge in [-0.05, 0) is 30.4 Å². The second-order valence-corrected chi connectivity index (χ2v) is 5.94. The molecule has 0 unspecified atom stereocenters. The summed E-state index contributed by atoms with van der Waals surface area (Å²) in [6.45, 7) is 9.12. The van der Waals surface area contributed by atoms with E-state index >= 15 is 0 Å². The zero-order valence-electron chi connectivity index (χ0n) is 10.7. The van der Waals surface area contributed by atoms with E-state index in [9.17, 15) is 0 Å². The Kier molecular flexibility index (Phi) is 3.07. The van der Waals surface area contributed by atoms with Crippen molar-refractivity contribution in [3.8, 4) is 0 Å². The summed E-state index contributed by atoms with van der Waals surface area (Å²) in [6, 6.07) is 11.0. The van der Waals surface area contributed by atoms with Gasteiger partial charge in [-0.1, -0.05) is 51.1 Å². The lowest BCUT2D eigenvalue weighted by molar-refractivity contribution is 0.0567. The Hall–Kier alpha value is -0.820. The summed E-state index contributed by atoms with van der Waals surface area (Å²) in [7, 11) is 0. The van der Waals surface area contributed by atoms with Gasteiger partial charge in [-0.2, -0.15) is 0 Å². The summed E-state index contributed by atoms with van der Waals surface area (Å²) in [5, 5.41) is 3.53. The summed E-state index contributed by atoms with van der Waals surface area (Å²) in [5.41, 5.74) is 2.42. The Balaban J connectivity index is 2.17. The summed E-state index contributed by atoms with van der Waals surface area (Å²) in [4.78, 5) is 0. The van der Waals surface area contributed by atoms with E-state index < -0.39 is 0 Å². The van der Waals surface area contributed by atoms with Gasteiger partial charge in [0.25, 0.3) is 0 Å². The average Bonchev–Trinajstić information content (AvgIpc) is 2.24. The van der Waals surface area contributed by atoms with Gasteiger partial charge in [-0.15, -0.1) is 0 Å². The number of rotatable bonds is 4. The monoisotopic (exact) mass is 217 g/mol. The van der Waals surface area contributed by atoms with Crippen LogP contribution < -0.4 is 5.32 Å². The molecular weight excluding hydrogens is 194 g/mol. The van der Waals surface area contributed by atoms with Gasteiger partial charge < -0.3 is 5.32 Å². The van der Waals surface area contributed by atoms with Crippen LogP contribution >= 0.6 is 0 Å². The van der Waals surface area contributed by atoms with E-state index in [1.54, 1.807) is 0 Å². The van der Waals surface area contributed by atoms with Gasteiger partial charge in [0.1, 0.15) is 0 Å². The zero-order valence-corrected chi connectivity index (χ0v) is 10.7. The van der Waals surface area contributed by atoms with Crippen LogP contribution in [0.15, 0.2) is 30.3 Å². The molecule has 0 amide bonds. The van der Waals surface area contributed by atoms with E-state index in [0.717, 1.165) is 13.1 Å². The minimum absolute atomic E-state index is 0.390. The third kappa shape index (κ3) is 2.15. The van der Waals surface area contributed by atoms with Gasteiger partial charge >= 0.3 is 0 Å². The minimum atomic E-state index is 0.390. The maximum atomic E-state index is 3.53. The highest BCUT2D eigenvalue weighted by atomic mass is 14.9. The number of hydrogen-bond donors (Lipinski definition) is 1. The van der Waals surface area contributed by atoms with Crippen molar-refractivity contribution in [1.29, 1.82) is 0 Å². The largest absolute Gasteiger partial charge is 0.316 e. The molecule has 2 rings (SSSR count). The van der Waals surface area contributed by atoms with E-state index in [4.69, 9.17) is 0 Å². The molecule has 1 nitrogen and oxygen atoms in total. The molecule has 0 heterocycles. The fourth-order valence-electron chi connectivity index (χ4n) is 3.37. The third-order valence-corrected chi connectivity index (χ3v) is 3.73. The first-order valence-electron chi connectivity index (χ1n) is 6.34. The molecule has 0 atom stereocenters. The molecule has 88 valence electrons. The first-order chi connectivity index (χ1) is 7.58. The quantitative estimate of drug-likeness (QED) is 0.815. The lowest BCUT2D eigenvalue weighted by Crippen LogP contribution is -2.52. The standard InChI is InChI=1S/C15H23N/c1-4-16-12-15(10-14(2,3)11-15)13-8-6-5-7-9-13/h5-9,16H,4,10-12H2,1-3H3. The number of benzene rings is 1. The van der Waals surface area contributed by atoms with Crippen molar-refractivity contribution in [2.45, 2.75) is 39.0 Å². The molecule has 0 saturated heterocycles. The molecule has 0 spiro atoms. The zero-order chi connectivity index (χ0) is 11.6.